The first kappa shape index (κ1) is 8.84. The molecule has 0 aromatic carbocycles. The van der Waals surface area contributed by atoms with Crippen molar-refractivity contribution < 1.29 is 9.53 Å². The Morgan fingerprint density at radius 2 is 2.17 bits per heavy atom. The molecule has 1 heterocycles. The van der Waals surface area contributed by atoms with Crippen LogP contribution in [0.5, 0.6) is 0 Å². The summed E-state index contributed by atoms with van der Waals surface area (Å²) in [5.74, 6) is 0.0605. The smallest absolute Gasteiger partial charge is 0.339 e. The minimum absolute atomic E-state index is 0.278. The fourth-order valence-corrected chi connectivity index (χ4v) is 1.14. The maximum Gasteiger partial charge on any atom is 0.339 e. The number of carbonyl (C=O) groups excluding carboxylic acids is 1. The molecule has 0 radical (unpaired) electrons. The zero-order valence-corrected chi connectivity index (χ0v) is 7.55. The molecule has 12 heavy (non-hydrogen) atoms. The Balaban J connectivity index is 2.99. The molecular weight excluding hydrogens is 154 g/mol. The lowest BCUT2D eigenvalue weighted by molar-refractivity contribution is 0.0599. The Morgan fingerprint density at radius 1 is 1.50 bits per heavy atom. The van der Waals surface area contributed by atoms with E-state index in [1.807, 2.05) is 20.0 Å². The molecule has 3 nitrogen and oxygen atoms in total. The van der Waals surface area contributed by atoms with Crippen LogP contribution in [0.15, 0.2) is 12.4 Å². The van der Waals surface area contributed by atoms with Crippen LogP contribution in [0.25, 0.3) is 0 Å². The van der Waals surface area contributed by atoms with E-state index >= 15 is 0 Å². The van der Waals surface area contributed by atoms with Crippen molar-refractivity contribution in [3.63, 3.8) is 0 Å². The third-order valence-electron chi connectivity index (χ3n) is 1.80. The van der Waals surface area contributed by atoms with Gasteiger partial charge in [0.05, 0.1) is 12.7 Å². The Morgan fingerprint density at radius 3 is 2.67 bits per heavy atom. The van der Waals surface area contributed by atoms with Gasteiger partial charge in [-0.05, 0) is 11.5 Å². The number of rotatable bonds is 2. The molecule has 1 rings (SSSR count). The molecule has 66 valence electrons. The highest BCUT2D eigenvalue weighted by Gasteiger charge is 2.14. The van der Waals surface area contributed by atoms with E-state index in [9.17, 15) is 4.79 Å². The van der Waals surface area contributed by atoms with Crippen molar-refractivity contribution in [1.29, 1.82) is 0 Å². The molecule has 1 N–H and O–H groups in total. The Bertz CT molecular complexity index is 276. The quantitative estimate of drug-likeness (QED) is 0.684. The van der Waals surface area contributed by atoms with E-state index in [1.54, 1.807) is 6.20 Å². The average molecular weight is 167 g/mol. The Hall–Kier alpha value is -1.25. The summed E-state index contributed by atoms with van der Waals surface area (Å²) in [7, 11) is 1.39. The molecule has 0 saturated heterocycles. The van der Waals surface area contributed by atoms with Crippen LogP contribution >= 0.6 is 0 Å². The molecule has 0 spiro atoms. The van der Waals surface area contributed by atoms with E-state index in [1.165, 1.54) is 7.11 Å². The highest BCUT2D eigenvalue weighted by atomic mass is 16.5. The third kappa shape index (κ3) is 1.49. The second-order valence-electron chi connectivity index (χ2n) is 2.97. The first-order valence-corrected chi connectivity index (χ1v) is 3.91. The molecule has 0 aliphatic carbocycles. The number of methoxy groups -OCH3 is 1. The van der Waals surface area contributed by atoms with Crippen molar-refractivity contribution >= 4 is 5.97 Å². The molecule has 1 aromatic heterocycles. The van der Waals surface area contributed by atoms with Crippen LogP contribution in [-0.2, 0) is 4.74 Å². The van der Waals surface area contributed by atoms with E-state index in [0.29, 0.717) is 11.5 Å². The normalized spacial score (nSPS) is 10.3. The zero-order valence-electron chi connectivity index (χ0n) is 7.55. The SMILES string of the molecule is COC(=O)c1c[nH]cc1C(C)C. The second kappa shape index (κ2) is 3.43. The first-order chi connectivity index (χ1) is 5.66. The molecule has 3 heteroatoms. The van der Waals surface area contributed by atoms with E-state index in [-0.39, 0.29) is 5.97 Å². The topological polar surface area (TPSA) is 42.1 Å². The second-order valence-corrected chi connectivity index (χ2v) is 2.97. The van der Waals surface area contributed by atoms with E-state index in [2.05, 4.69) is 9.72 Å². The van der Waals surface area contributed by atoms with Crippen molar-refractivity contribution in [2.45, 2.75) is 19.8 Å². The van der Waals surface area contributed by atoms with Gasteiger partial charge in [0, 0.05) is 12.4 Å². The van der Waals surface area contributed by atoms with Gasteiger partial charge >= 0.3 is 5.97 Å². The highest BCUT2D eigenvalue weighted by molar-refractivity contribution is 5.91. The lowest BCUT2D eigenvalue weighted by atomic mass is 10.0. The molecule has 0 aliphatic heterocycles. The molecule has 0 amide bonds. The molecule has 0 aliphatic rings. The maximum absolute atomic E-state index is 11.2. The lowest BCUT2D eigenvalue weighted by Crippen LogP contribution is -2.03. The van der Waals surface area contributed by atoms with Crippen LogP contribution in [0.3, 0.4) is 0 Å². The van der Waals surface area contributed by atoms with Gasteiger partial charge in [-0.3, -0.25) is 0 Å². The minimum Gasteiger partial charge on any atom is -0.465 e. The van der Waals surface area contributed by atoms with Gasteiger partial charge in [0.1, 0.15) is 0 Å². The predicted octanol–water partition coefficient (Wildman–Crippen LogP) is 1.92. The Labute approximate surface area is 71.7 Å². The number of hydrogen-bond acceptors (Lipinski definition) is 2. The van der Waals surface area contributed by atoms with Gasteiger partial charge in [-0.25, -0.2) is 4.79 Å². The summed E-state index contributed by atoms with van der Waals surface area (Å²) >= 11 is 0. The molecule has 0 bridgehead atoms. The van der Waals surface area contributed by atoms with E-state index in [4.69, 9.17) is 0 Å². The number of nitrogens with one attached hydrogen (secondary N) is 1. The van der Waals surface area contributed by atoms with E-state index < -0.39 is 0 Å². The molecule has 0 fully saturated rings. The molecule has 1 aromatic rings. The van der Waals surface area contributed by atoms with Crippen molar-refractivity contribution in [1.82, 2.24) is 4.98 Å². The number of ether oxygens (including phenoxy) is 1. The van der Waals surface area contributed by atoms with Crippen molar-refractivity contribution in [3.05, 3.63) is 23.5 Å². The summed E-state index contributed by atoms with van der Waals surface area (Å²) in [4.78, 5) is 14.1. The molecular formula is C9H13NO2. The van der Waals surface area contributed by atoms with E-state index in [0.717, 1.165) is 5.56 Å². The standard InChI is InChI=1S/C9H13NO2/c1-6(2)7-4-10-5-8(7)9(11)12-3/h4-6,10H,1-3H3. The molecule has 0 unspecified atom stereocenters. The first-order valence-electron chi connectivity index (χ1n) is 3.91. The van der Waals surface area contributed by atoms with Gasteiger partial charge in [0.25, 0.3) is 0 Å². The predicted molar refractivity (Wildman–Crippen MR) is 46.2 cm³/mol. The highest BCUT2D eigenvalue weighted by Crippen LogP contribution is 2.19. The van der Waals surface area contributed by atoms with Gasteiger partial charge in [0.15, 0.2) is 0 Å². The summed E-state index contributed by atoms with van der Waals surface area (Å²) in [6.07, 6.45) is 3.50. The van der Waals surface area contributed by atoms with Gasteiger partial charge in [0.2, 0.25) is 0 Å². The number of hydrogen-bond donors (Lipinski definition) is 1. The summed E-state index contributed by atoms with van der Waals surface area (Å²) < 4.78 is 4.63. The lowest BCUT2D eigenvalue weighted by Gasteiger charge is -2.04. The number of esters is 1. The third-order valence-corrected chi connectivity index (χ3v) is 1.80. The monoisotopic (exact) mass is 167 g/mol. The Kier molecular flexibility index (Phi) is 2.53. The van der Waals surface area contributed by atoms with Crippen LogP contribution < -0.4 is 0 Å². The van der Waals surface area contributed by atoms with Gasteiger partial charge in [-0.15, -0.1) is 0 Å². The molecule has 0 saturated carbocycles. The average Bonchev–Trinajstić information content (AvgIpc) is 2.50. The van der Waals surface area contributed by atoms with Gasteiger partial charge in [-0.2, -0.15) is 0 Å². The fourth-order valence-electron chi connectivity index (χ4n) is 1.14. The number of aromatic nitrogens is 1. The van der Waals surface area contributed by atoms with Gasteiger partial charge < -0.3 is 9.72 Å². The zero-order chi connectivity index (χ0) is 9.14. The van der Waals surface area contributed by atoms with Crippen LogP contribution in [0.4, 0.5) is 0 Å². The van der Waals surface area contributed by atoms with Crippen LogP contribution in [0.2, 0.25) is 0 Å². The van der Waals surface area contributed by atoms with Crippen LogP contribution in [-0.4, -0.2) is 18.1 Å². The van der Waals surface area contributed by atoms with Crippen molar-refractivity contribution in [2.75, 3.05) is 7.11 Å². The summed E-state index contributed by atoms with van der Waals surface area (Å²) in [5, 5.41) is 0. The minimum atomic E-state index is -0.278. The largest absolute Gasteiger partial charge is 0.465 e. The van der Waals surface area contributed by atoms with Gasteiger partial charge in [-0.1, -0.05) is 13.8 Å². The number of H-pyrrole nitrogens is 1. The summed E-state index contributed by atoms with van der Waals surface area (Å²) in [6.45, 7) is 4.07. The van der Waals surface area contributed by atoms with Crippen molar-refractivity contribution in [2.24, 2.45) is 0 Å². The fraction of sp³-hybridized carbons (Fsp3) is 0.444. The number of aromatic amines is 1. The molecule has 0 atom stereocenters. The maximum atomic E-state index is 11.2. The summed E-state index contributed by atoms with van der Waals surface area (Å²) in [5.41, 5.74) is 1.63. The number of carbonyl (C=O) groups is 1. The van der Waals surface area contributed by atoms with Crippen molar-refractivity contribution in [3.8, 4) is 0 Å². The summed E-state index contributed by atoms with van der Waals surface area (Å²) in [6, 6.07) is 0. The van der Waals surface area contributed by atoms with Crippen LogP contribution in [0, 0.1) is 0 Å². The van der Waals surface area contributed by atoms with Crippen LogP contribution in [0.1, 0.15) is 35.7 Å².